The number of nitro groups is 1. The predicted molar refractivity (Wildman–Crippen MR) is 136 cm³/mol. The third-order valence-corrected chi connectivity index (χ3v) is 5.54. The molecule has 6 N–H and O–H groups in total. The van der Waals surface area contributed by atoms with Gasteiger partial charge in [0.2, 0.25) is 5.91 Å². The van der Waals surface area contributed by atoms with E-state index in [9.17, 15) is 29.8 Å². The SMILES string of the molecule is COc1ccc(CCCC(=O)C[C@@H](CCCN=C(N)N[N+](=O)[O-])C(=O)N[C@@H](CC(C)C)B(O)O)cc1. The minimum absolute atomic E-state index is 0.00326. The zero-order valence-corrected chi connectivity index (χ0v) is 21.2. The number of nitrogens with zero attached hydrogens (tertiary/aromatic N) is 2. The van der Waals surface area contributed by atoms with E-state index >= 15 is 0 Å². The molecule has 1 rings (SSSR count). The van der Waals surface area contributed by atoms with Gasteiger partial charge in [-0.15, -0.1) is 0 Å². The van der Waals surface area contributed by atoms with E-state index in [1.54, 1.807) is 12.5 Å². The first-order valence-corrected chi connectivity index (χ1v) is 12.0. The monoisotopic (exact) mass is 507 g/mol. The largest absolute Gasteiger partial charge is 0.497 e. The number of aryl methyl sites for hydroxylation is 1. The number of Topliss-reactive ketones (excluding diaryl/α,β-unsaturated/α-hetero) is 1. The van der Waals surface area contributed by atoms with Gasteiger partial charge in [0, 0.05) is 25.3 Å². The summed E-state index contributed by atoms with van der Waals surface area (Å²) in [6, 6.07) is 7.59. The van der Waals surface area contributed by atoms with E-state index in [-0.39, 0.29) is 37.0 Å². The number of ketones is 1. The Bertz CT molecular complexity index is 865. The lowest BCUT2D eigenvalue weighted by Crippen LogP contribution is -2.49. The van der Waals surface area contributed by atoms with Crippen LogP contribution in [0.3, 0.4) is 0 Å². The Morgan fingerprint density at radius 2 is 1.89 bits per heavy atom. The van der Waals surface area contributed by atoms with E-state index < -0.39 is 29.9 Å². The van der Waals surface area contributed by atoms with E-state index in [2.05, 4.69) is 10.3 Å². The first kappa shape index (κ1) is 30.8. The third-order valence-electron chi connectivity index (χ3n) is 5.54. The Hall–Kier alpha value is -3.19. The number of hydrogen-bond acceptors (Lipinski definition) is 8. The number of hydrazine groups is 1. The molecule has 0 aliphatic rings. The van der Waals surface area contributed by atoms with Gasteiger partial charge >= 0.3 is 7.12 Å². The zero-order chi connectivity index (χ0) is 27.1. The lowest BCUT2D eigenvalue weighted by Gasteiger charge is -2.23. The molecule has 36 heavy (non-hydrogen) atoms. The van der Waals surface area contributed by atoms with Crippen molar-refractivity contribution in [3.63, 3.8) is 0 Å². The van der Waals surface area contributed by atoms with E-state index in [1.807, 2.05) is 38.1 Å². The number of carbonyl (C=O) groups is 2. The summed E-state index contributed by atoms with van der Waals surface area (Å²) in [4.78, 5) is 39.9. The number of amides is 1. The van der Waals surface area contributed by atoms with Crippen LogP contribution in [-0.4, -0.2) is 59.4 Å². The molecule has 0 aromatic heterocycles. The number of hydrogen-bond donors (Lipinski definition) is 5. The maximum absolute atomic E-state index is 12.9. The third kappa shape index (κ3) is 13.1. The van der Waals surface area contributed by atoms with E-state index in [0.717, 1.165) is 11.3 Å². The van der Waals surface area contributed by atoms with Crippen molar-refractivity contribution in [3.8, 4) is 5.75 Å². The molecular weight excluding hydrogens is 469 g/mol. The number of guanidine groups is 1. The van der Waals surface area contributed by atoms with Crippen molar-refractivity contribution < 1.29 is 29.4 Å². The maximum Gasteiger partial charge on any atom is 0.475 e. The van der Waals surface area contributed by atoms with Gasteiger partial charge in [0.25, 0.3) is 5.96 Å². The lowest BCUT2D eigenvalue weighted by atomic mass is 9.74. The van der Waals surface area contributed by atoms with Crippen LogP contribution < -0.4 is 21.2 Å². The van der Waals surface area contributed by atoms with Gasteiger partial charge in [0.1, 0.15) is 11.5 Å². The highest BCUT2D eigenvalue weighted by molar-refractivity contribution is 6.43. The van der Waals surface area contributed by atoms with Gasteiger partial charge in [-0.2, -0.15) is 0 Å². The van der Waals surface area contributed by atoms with Crippen molar-refractivity contribution in [3.05, 3.63) is 39.9 Å². The van der Waals surface area contributed by atoms with Crippen LogP contribution in [0.4, 0.5) is 0 Å². The van der Waals surface area contributed by atoms with Gasteiger partial charge in [-0.1, -0.05) is 31.4 Å². The summed E-state index contributed by atoms with van der Waals surface area (Å²) in [6.45, 7) is 3.92. The number of ether oxygens (including phenoxy) is 1. The Kier molecular flexibility index (Phi) is 14.1. The molecule has 1 aromatic carbocycles. The van der Waals surface area contributed by atoms with Crippen LogP contribution in [0.1, 0.15) is 57.9 Å². The van der Waals surface area contributed by atoms with Crippen molar-refractivity contribution in [1.82, 2.24) is 10.7 Å². The molecule has 1 aromatic rings. The summed E-state index contributed by atoms with van der Waals surface area (Å²) >= 11 is 0. The van der Waals surface area contributed by atoms with Crippen LogP contribution in [0.25, 0.3) is 0 Å². The van der Waals surface area contributed by atoms with Crippen molar-refractivity contribution in [2.24, 2.45) is 22.6 Å². The van der Waals surface area contributed by atoms with Gasteiger partial charge in [0.15, 0.2) is 5.03 Å². The quantitative estimate of drug-likeness (QED) is 0.0512. The summed E-state index contributed by atoms with van der Waals surface area (Å²) in [7, 11) is -0.132. The molecule has 2 atom stereocenters. The second-order valence-corrected chi connectivity index (χ2v) is 9.08. The van der Waals surface area contributed by atoms with E-state index in [4.69, 9.17) is 10.5 Å². The summed E-state index contributed by atoms with van der Waals surface area (Å²) in [5, 5.41) is 31.5. The topological polar surface area (TPSA) is 189 Å². The number of rotatable bonds is 17. The highest BCUT2D eigenvalue weighted by atomic mass is 16.7. The molecule has 0 fully saturated rings. The maximum atomic E-state index is 12.9. The highest BCUT2D eigenvalue weighted by Crippen LogP contribution is 2.18. The number of benzene rings is 1. The molecule has 0 heterocycles. The second kappa shape index (κ2) is 16.5. The molecule has 0 radical (unpaired) electrons. The molecule has 12 nitrogen and oxygen atoms in total. The molecule has 0 spiro atoms. The molecule has 200 valence electrons. The van der Waals surface area contributed by atoms with Crippen molar-refractivity contribution in [2.45, 2.75) is 64.7 Å². The van der Waals surface area contributed by atoms with Crippen molar-refractivity contribution in [2.75, 3.05) is 13.7 Å². The van der Waals surface area contributed by atoms with Crippen molar-refractivity contribution >= 4 is 24.8 Å². The standard InChI is InChI=1S/C23H38BN5O7/c1-16(2)14-21(24(32)33)27-22(31)18(7-5-13-26-23(25)28-29(34)35)15-19(30)8-4-6-17-9-11-20(36-3)12-10-17/h9-12,16,18,21,32-33H,4-8,13-15H2,1-3H3,(H,27,31)(H3,25,26,28)/t18-,21+/m1/s1. The fourth-order valence-electron chi connectivity index (χ4n) is 3.71. The van der Waals surface area contributed by atoms with Crippen LogP contribution in [0.2, 0.25) is 0 Å². The van der Waals surface area contributed by atoms with Crippen LogP contribution in [-0.2, 0) is 16.0 Å². The number of nitrogens with one attached hydrogen (secondary N) is 2. The molecule has 0 aliphatic heterocycles. The van der Waals surface area contributed by atoms with E-state index in [0.29, 0.717) is 32.1 Å². The Morgan fingerprint density at radius 3 is 2.44 bits per heavy atom. The molecule has 13 heteroatoms. The molecule has 0 saturated heterocycles. The fraction of sp³-hybridized carbons (Fsp3) is 0.609. The minimum atomic E-state index is -1.73. The highest BCUT2D eigenvalue weighted by Gasteiger charge is 2.29. The molecule has 0 unspecified atom stereocenters. The van der Waals surface area contributed by atoms with Crippen molar-refractivity contribution in [1.29, 1.82) is 0 Å². The van der Waals surface area contributed by atoms with Crippen LogP contribution in [0, 0.1) is 22.0 Å². The fourth-order valence-corrected chi connectivity index (χ4v) is 3.71. The Balaban J connectivity index is 2.72. The van der Waals surface area contributed by atoms with Crippen LogP contribution in [0.15, 0.2) is 29.3 Å². The average Bonchev–Trinajstić information content (AvgIpc) is 2.80. The van der Waals surface area contributed by atoms with Gasteiger partial charge in [-0.3, -0.25) is 9.59 Å². The Morgan fingerprint density at radius 1 is 1.22 bits per heavy atom. The molecule has 1 amide bonds. The first-order valence-electron chi connectivity index (χ1n) is 12.0. The number of nitrogens with two attached hydrogens (primary N) is 1. The molecule has 0 aliphatic carbocycles. The minimum Gasteiger partial charge on any atom is -0.497 e. The normalized spacial score (nSPS) is 13.1. The zero-order valence-electron chi connectivity index (χ0n) is 21.2. The number of aliphatic imine (C=N–C) groups is 1. The Labute approximate surface area is 212 Å². The van der Waals surface area contributed by atoms with Crippen LogP contribution >= 0.6 is 0 Å². The summed E-state index contributed by atoms with van der Waals surface area (Å²) in [5.41, 5.74) is 8.21. The summed E-state index contributed by atoms with van der Waals surface area (Å²) in [6.07, 6.45) is 2.62. The van der Waals surface area contributed by atoms with Gasteiger partial charge in [-0.05, 0) is 55.7 Å². The van der Waals surface area contributed by atoms with E-state index in [1.165, 1.54) is 0 Å². The molecule has 0 saturated carbocycles. The lowest BCUT2D eigenvalue weighted by molar-refractivity contribution is -0.525. The molecule has 0 bridgehead atoms. The number of carbonyl (C=O) groups excluding carboxylic acids is 2. The second-order valence-electron chi connectivity index (χ2n) is 9.08. The predicted octanol–water partition coefficient (Wildman–Crippen LogP) is 1.01. The molecular formula is C23H38BN5O7. The van der Waals surface area contributed by atoms with Gasteiger partial charge in [-0.25, -0.2) is 15.1 Å². The first-order chi connectivity index (χ1) is 17.0. The number of methoxy groups -OCH3 is 1. The smallest absolute Gasteiger partial charge is 0.475 e. The van der Waals surface area contributed by atoms with Gasteiger partial charge in [0.05, 0.1) is 13.1 Å². The van der Waals surface area contributed by atoms with Crippen LogP contribution in [0.5, 0.6) is 5.75 Å². The average molecular weight is 507 g/mol. The van der Waals surface area contributed by atoms with Gasteiger partial charge < -0.3 is 25.8 Å². The summed E-state index contributed by atoms with van der Waals surface area (Å²) < 4.78 is 5.14. The summed E-state index contributed by atoms with van der Waals surface area (Å²) in [5.74, 6) is -1.57.